The predicted octanol–water partition coefficient (Wildman–Crippen LogP) is 2.37. The quantitative estimate of drug-likeness (QED) is 0.715. The van der Waals surface area contributed by atoms with Gasteiger partial charge in [0.1, 0.15) is 11.4 Å². The van der Waals surface area contributed by atoms with Gasteiger partial charge in [-0.2, -0.15) is 5.10 Å². The van der Waals surface area contributed by atoms with Crippen molar-refractivity contribution in [1.82, 2.24) is 14.3 Å². The highest BCUT2D eigenvalue weighted by Crippen LogP contribution is 2.51. The van der Waals surface area contributed by atoms with Crippen LogP contribution in [0.3, 0.4) is 0 Å². The summed E-state index contributed by atoms with van der Waals surface area (Å²) in [4.78, 5) is 0. The van der Waals surface area contributed by atoms with Gasteiger partial charge in [-0.25, -0.2) is 0 Å². The molecular formula is C13H22N3+. The number of rotatable bonds is 3. The first-order chi connectivity index (χ1) is 7.48. The molecule has 1 aromatic rings. The number of aryl methyl sites for hydroxylation is 1. The topological polar surface area (TPSA) is 17.8 Å². The molecule has 0 bridgehead atoms. The molecule has 2 saturated carbocycles. The molecule has 3 nitrogen and oxygen atoms in total. The van der Waals surface area contributed by atoms with E-state index in [4.69, 9.17) is 5.10 Å². The number of quaternary nitrogens is 1. The molecule has 0 amide bonds. The molecule has 3 heteroatoms. The molecule has 0 spiro atoms. The van der Waals surface area contributed by atoms with Crippen molar-refractivity contribution in [3.8, 4) is 0 Å². The first-order valence-corrected chi connectivity index (χ1v) is 6.37. The highest BCUT2D eigenvalue weighted by Gasteiger charge is 2.41. The molecule has 0 aromatic carbocycles. The second kappa shape index (κ2) is 3.10. The maximum Gasteiger partial charge on any atom is 0.177 e. The smallest absolute Gasteiger partial charge is 0.177 e. The lowest BCUT2D eigenvalue weighted by Gasteiger charge is -2.24. The summed E-state index contributed by atoms with van der Waals surface area (Å²) in [6.07, 6.45) is 5.40. The van der Waals surface area contributed by atoms with Crippen LogP contribution in [0, 0.1) is 0 Å². The van der Waals surface area contributed by atoms with Gasteiger partial charge in [-0.1, -0.05) is 0 Å². The summed E-state index contributed by atoms with van der Waals surface area (Å²) < 4.78 is 3.08. The van der Waals surface area contributed by atoms with Crippen LogP contribution < -0.4 is 4.48 Å². The van der Waals surface area contributed by atoms with Gasteiger partial charge in [-0.3, -0.25) is 9.16 Å². The second-order valence-corrected chi connectivity index (χ2v) is 6.30. The zero-order valence-electron chi connectivity index (χ0n) is 10.8. The minimum Gasteiger partial charge on any atom is -0.295 e. The zero-order valence-corrected chi connectivity index (χ0v) is 10.8. The van der Waals surface area contributed by atoms with E-state index in [0.717, 1.165) is 16.3 Å². The van der Waals surface area contributed by atoms with E-state index >= 15 is 0 Å². The van der Waals surface area contributed by atoms with Crippen molar-refractivity contribution < 1.29 is 0 Å². The van der Waals surface area contributed by atoms with Gasteiger partial charge < -0.3 is 0 Å². The fourth-order valence-corrected chi connectivity index (χ4v) is 2.68. The van der Waals surface area contributed by atoms with E-state index < -0.39 is 0 Å². The minimum absolute atomic E-state index is 0.756. The Hall–Kier alpha value is -0.830. The summed E-state index contributed by atoms with van der Waals surface area (Å²) in [7, 11) is 8.94. The highest BCUT2D eigenvalue weighted by atomic mass is 15.4. The second-order valence-electron chi connectivity index (χ2n) is 6.30. The van der Waals surface area contributed by atoms with Crippen molar-refractivity contribution in [3.05, 3.63) is 11.4 Å². The standard InChI is InChI=1S/C13H22N3/c1-15-12(10-7-8-10)13(16(2,3)4)11(14-15)9-5-6-9/h9-10H,5-8H2,1-4H3/q+1. The number of hydrogen-bond donors (Lipinski definition) is 0. The summed E-state index contributed by atoms with van der Waals surface area (Å²) in [5, 5.41) is 4.80. The van der Waals surface area contributed by atoms with Gasteiger partial charge in [0.05, 0.1) is 21.1 Å². The van der Waals surface area contributed by atoms with Gasteiger partial charge in [0.2, 0.25) is 0 Å². The first kappa shape index (κ1) is 10.3. The Kier molecular flexibility index (Phi) is 2.00. The van der Waals surface area contributed by atoms with Crippen LogP contribution in [-0.4, -0.2) is 30.9 Å². The number of hydrogen-bond acceptors (Lipinski definition) is 1. The van der Waals surface area contributed by atoms with Crippen LogP contribution in [0.2, 0.25) is 0 Å². The average Bonchev–Trinajstić information content (AvgIpc) is 3.04. The van der Waals surface area contributed by atoms with Crippen LogP contribution in [0.25, 0.3) is 0 Å². The van der Waals surface area contributed by atoms with Crippen molar-refractivity contribution in [3.63, 3.8) is 0 Å². The lowest BCUT2D eigenvalue weighted by Crippen LogP contribution is -2.36. The van der Waals surface area contributed by atoms with Crippen LogP contribution in [-0.2, 0) is 7.05 Å². The Morgan fingerprint density at radius 2 is 1.62 bits per heavy atom. The summed E-state index contributed by atoms with van der Waals surface area (Å²) >= 11 is 0. The van der Waals surface area contributed by atoms with E-state index in [2.05, 4.69) is 32.9 Å². The molecule has 3 rings (SSSR count). The average molecular weight is 220 g/mol. The SMILES string of the molecule is Cn1nc(C2CC2)c([N+](C)(C)C)c1C1CC1. The van der Waals surface area contributed by atoms with Crippen molar-refractivity contribution in [1.29, 1.82) is 0 Å². The Labute approximate surface area is 97.6 Å². The van der Waals surface area contributed by atoms with Crippen molar-refractivity contribution in [2.45, 2.75) is 37.5 Å². The largest absolute Gasteiger partial charge is 0.295 e. The van der Waals surface area contributed by atoms with Gasteiger partial charge in [-0.05, 0) is 25.7 Å². The molecule has 2 aliphatic carbocycles. The zero-order chi connectivity index (χ0) is 11.5. The molecule has 1 aromatic heterocycles. The van der Waals surface area contributed by atoms with E-state index in [1.54, 1.807) is 0 Å². The monoisotopic (exact) mass is 220 g/mol. The number of aromatic nitrogens is 2. The first-order valence-electron chi connectivity index (χ1n) is 6.37. The molecule has 2 fully saturated rings. The Morgan fingerprint density at radius 1 is 1.06 bits per heavy atom. The van der Waals surface area contributed by atoms with Crippen LogP contribution in [0.15, 0.2) is 0 Å². The fourth-order valence-electron chi connectivity index (χ4n) is 2.68. The van der Waals surface area contributed by atoms with E-state index in [0.29, 0.717) is 0 Å². The highest BCUT2D eigenvalue weighted by molar-refractivity contribution is 5.56. The third-order valence-electron chi connectivity index (χ3n) is 3.69. The predicted molar refractivity (Wildman–Crippen MR) is 66.7 cm³/mol. The molecule has 16 heavy (non-hydrogen) atoms. The summed E-state index contributed by atoms with van der Waals surface area (Å²) in [6, 6.07) is 0. The normalized spacial score (nSPS) is 21.5. The van der Waals surface area contributed by atoms with Crippen LogP contribution in [0.1, 0.15) is 48.9 Å². The van der Waals surface area contributed by atoms with E-state index in [-0.39, 0.29) is 0 Å². The molecule has 2 aliphatic rings. The van der Waals surface area contributed by atoms with Gasteiger partial charge >= 0.3 is 0 Å². The summed E-state index contributed by atoms with van der Waals surface area (Å²) in [5.74, 6) is 1.54. The van der Waals surface area contributed by atoms with Crippen LogP contribution in [0.4, 0.5) is 5.69 Å². The Morgan fingerprint density at radius 3 is 2.06 bits per heavy atom. The van der Waals surface area contributed by atoms with Gasteiger partial charge in [-0.15, -0.1) is 0 Å². The lowest BCUT2D eigenvalue weighted by molar-refractivity contribution is 0.477. The summed E-state index contributed by atoms with van der Waals surface area (Å²) in [5.41, 5.74) is 4.40. The Balaban J connectivity index is 2.14. The molecule has 0 radical (unpaired) electrons. The molecule has 0 N–H and O–H groups in total. The van der Waals surface area contributed by atoms with Crippen LogP contribution in [0.5, 0.6) is 0 Å². The van der Waals surface area contributed by atoms with E-state index in [1.807, 2.05) is 0 Å². The third kappa shape index (κ3) is 1.58. The minimum atomic E-state index is 0.756. The van der Waals surface area contributed by atoms with Gasteiger partial charge in [0, 0.05) is 18.9 Å². The summed E-state index contributed by atoms with van der Waals surface area (Å²) in [6.45, 7) is 0. The molecule has 0 aliphatic heterocycles. The third-order valence-corrected chi connectivity index (χ3v) is 3.69. The maximum atomic E-state index is 4.80. The molecule has 0 atom stereocenters. The van der Waals surface area contributed by atoms with E-state index in [1.165, 1.54) is 42.8 Å². The van der Waals surface area contributed by atoms with Gasteiger partial charge in [0.15, 0.2) is 5.69 Å². The van der Waals surface area contributed by atoms with Crippen molar-refractivity contribution >= 4 is 5.69 Å². The fraction of sp³-hybridized carbons (Fsp3) is 0.769. The molecular weight excluding hydrogens is 198 g/mol. The van der Waals surface area contributed by atoms with Crippen molar-refractivity contribution in [2.24, 2.45) is 7.05 Å². The van der Waals surface area contributed by atoms with Crippen LogP contribution >= 0.6 is 0 Å². The number of nitrogens with zero attached hydrogens (tertiary/aromatic N) is 3. The van der Waals surface area contributed by atoms with Crippen molar-refractivity contribution in [2.75, 3.05) is 21.1 Å². The molecule has 0 unspecified atom stereocenters. The molecule has 88 valence electrons. The van der Waals surface area contributed by atoms with Gasteiger partial charge in [0.25, 0.3) is 0 Å². The lowest BCUT2D eigenvalue weighted by atomic mass is 10.1. The molecule has 0 saturated heterocycles. The van der Waals surface area contributed by atoms with E-state index in [9.17, 15) is 0 Å². The maximum absolute atomic E-state index is 4.80. The molecule has 1 heterocycles. The Bertz CT molecular complexity index is 417.